The van der Waals surface area contributed by atoms with Crippen molar-refractivity contribution in [3.63, 3.8) is 0 Å². The third-order valence-corrected chi connectivity index (χ3v) is 5.93. The zero-order valence-electron chi connectivity index (χ0n) is 17.9. The lowest BCUT2D eigenvalue weighted by molar-refractivity contribution is 0.417. The van der Waals surface area contributed by atoms with Gasteiger partial charge in [-0.3, -0.25) is 4.68 Å². The van der Waals surface area contributed by atoms with E-state index < -0.39 is 0 Å². The van der Waals surface area contributed by atoms with Crippen LogP contribution in [0.4, 0.5) is 17.5 Å². The molecule has 1 aromatic carbocycles. The molecule has 0 radical (unpaired) electrons. The summed E-state index contributed by atoms with van der Waals surface area (Å²) in [5.74, 6) is 2.11. The van der Waals surface area contributed by atoms with Crippen LogP contribution in [-0.4, -0.2) is 37.9 Å². The van der Waals surface area contributed by atoms with Gasteiger partial charge >= 0.3 is 0 Å². The Kier molecular flexibility index (Phi) is 5.19. The van der Waals surface area contributed by atoms with E-state index in [0.29, 0.717) is 12.0 Å². The second kappa shape index (κ2) is 8.29. The number of anilines is 3. The number of ether oxygens (including phenoxy) is 1. The molecule has 1 fully saturated rings. The van der Waals surface area contributed by atoms with Crippen LogP contribution in [0, 0.1) is 0 Å². The van der Waals surface area contributed by atoms with E-state index in [9.17, 15) is 0 Å². The summed E-state index contributed by atoms with van der Waals surface area (Å²) in [6, 6.07) is 10.5. The van der Waals surface area contributed by atoms with Crippen molar-refractivity contribution in [1.29, 1.82) is 0 Å². The predicted molar refractivity (Wildman–Crippen MR) is 123 cm³/mol. The van der Waals surface area contributed by atoms with E-state index in [1.54, 1.807) is 13.3 Å². The average molecular weight is 418 g/mol. The standard InChI is InChI=1S/C23H27N7O/c1-30-19(11-13-25-30)15-8-9-18(20(14-15)31-2)27-23-28-21-17(10-12-24-21)22(29-23)26-16-6-4-3-5-7-16/h8-14,16H,3-7H2,1-2H3,(H3,24,26,27,28,29). The number of aromatic nitrogens is 5. The molecule has 3 heterocycles. The van der Waals surface area contributed by atoms with Crippen LogP contribution in [0.1, 0.15) is 32.1 Å². The largest absolute Gasteiger partial charge is 0.495 e. The third kappa shape index (κ3) is 3.93. The number of aryl methyl sites for hydroxylation is 1. The van der Waals surface area contributed by atoms with E-state index in [1.807, 2.05) is 48.3 Å². The summed E-state index contributed by atoms with van der Waals surface area (Å²) < 4.78 is 7.49. The Hall–Kier alpha value is -3.55. The summed E-state index contributed by atoms with van der Waals surface area (Å²) in [7, 11) is 3.59. The van der Waals surface area contributed by atoms with Crippen LogP contribution >= 0.6 is 0 Å². The maximum Gasteiger partial charge on any atom is 0.231 e. The number of H-pyrrole nitrogens is 1. The number of hydrogen-bond donors (Lipinski definition) is 3. The molecule has 5 rings (SSSR count). The first-order valence-electron chi connectivity index (χ1n) is 10.8. The van der Waals surface area contributed by atoms with E-state index >= 15 is 0 Å². The fourth-order valence-electron chi connectivity index (χ4n) is 4.28. The van der Waals surface area contributed by atoms with Gasteiger partial charge in [-0.2, -0.15) is 15.1 Å². The molecule has 8 nitrogen and oxygen atoms in total. The Labute approximate surface area is 181 Å². The molecule has 0 spiro atoms. The van der Waals surface area contributed by atoms with Gasteiger partial charge in [0, 0.05) is 31.0 Å². The fourth-order valence-corrected chi connectivity index (χ4v) is 4.28. The fraction of sp³-hybridized carbons (Fsp3) is 0.348. The third-order valence-electron chi connectivity index (χ3n) is 5.93. The lowest BCUT2D eigenvalue weighted by Crippen LogP contribution is -2.23. The van der Waals surface area contributed by atoms with Gasteiger partial charge in [-0.15, -0.1) is 0 Å². The van der Waals surface area contributed by atoms with Crippen molar-refractivity contribution in [2.45, 2.75) is 38.1 Å². The number of nitrogens with one attached hydrogen (secondary N) is 3. The molecule has 0 unspecified atom stereocenters. The van der Waals surface area contributed by atoms with Gasteiger partial charge in [-0.25, -0.2) is 0 Å². The topological polar surface area (TPSA) is 92.7 Å². The van der Waals surface area contributed by atoms with Crippen molar-refractivity contribution in [3.05, 3.63) is 42.7 Å². The molecule has 1 aliphatic rings. The Balaban J connectivity index is 1.45. The van der Waals surface area contributed by atoms with Gasteiger partial charge in [0.25, 0.3) is 0 Å². The number of nitrogens with zero attached hydrogens (tertiary/aromatic N) is 4. The van der Waals surface area contributed by atoms with Gasteiger partial charge in [0.05, 0.1) is 23.9 Å². The van der Waals surface area contributed by atoms with Crippen molar-refractivity contribution >= 4 is 28.5 Å². The second-order valence-corrected chi connectivity index (χ2v) is 8.00. The number of aromatic amines is 1. The minimum Gasteiger partial charge on any atom is -0.495 e. The maximum atomic E-state index is 5.65. The highest BCUT2D eigenvalue weighted by molar-refractivity contribution is 5.88. The van der Waals surface area contributed by atoms with Crippen LogP contribution < -0.4 is 15.4 Å². The van der Waals surface area contributed by atoms with Crippen molar-refractivity contribution in [2.75, 3.05) is 17.7 Å². The molecule has 31 heavy (non-hydrogen) atoms. The van der Waals surface area contributed by atoms with E-state index in [4.69, 9.17) is 9.72 Å². The normalized spacial score (nSPS) is 14.6. The molecule has 3 aromatic heterocycles. The zero-order chi connectivity index (χ0) is 21.2. The highest BCUT2D eigenvalue weighted by Gasteiger charge is 2.17. The molecule has 0 saturated heterocycles. The zero-order valence-corrected chi connectivity index (χ0v) is 17.9. The lowest BCUT2D eigenvalue weighted by Gasteiger charge is -2.23. The van der Waals surface area contributed by atoms with Gasteiger partial charge in [0.2, 0.25) is 5.95 Å². The Morgan fingerprint density at radius 1 is 1.10 bits per heavy atom. The van der Waals surface area contributed by atoms with Crippen LogP contribution in [0.2, 0.25) is 0 Å². The molecule has 0 bridgehead atoms. The first kappa shape index (κ1) is 19.4. The van der Waals surface area contributed by atoms with Gasteiger partial charge < -0.3 is 20.4 Å². The Bertz CT molecular complexity index is 1190. The molecule has 1 saturated carbocycles. The predicted octanol–water partition coefficient (Wildman–Crippen LogP) is 4.86. The lowest BCUT2D eigenvalue weighted by atomic mass is 9.95. The summed E-state index contributed by atoms with van der Waals surface area (Å²) in [5, 5.41) is 12.2. The molecule has 0 atom stereocenters. The molecule has 3 N–H and O–H groups in total. The van der Waals surface area contributed by atoms with Crippen LogP contribution in [0.25, 0.3) is 22.3 Å². The van der Waals surface area contributed by atoms with Crippen LogP contribution in [-0.2, 0) is 7.05 Å². The van der Waals surface area contributed by atoms with Gasteiger partial charge in [-0.05, 0) is 37.1 Å². The summed E-state index contributed by atoms with van der Waals surface area (Å²) in [4.78, 5) is 12.7. The highest BCUT2D eigenvalue weighted by Crippen LogP contribution is 2.33. The van der Waals surface area contributed by atoms with E-state index in [1.165, 1.54) is 32.1 Å². The first-order valence-corrected chi connectivity index (χ1v) is 10.8. The van der Waals surface area contributed by atoms with E-state index in [-0.39, 0.29) is 0 Å². The summed E-state index contributed by atoms with van der Waals surface area (Å²) in [5.41, 5.74) is 3.67. The van der Waals surface area contributed by atoms with Crippen LogP contribution in [0.15, 0.2) is 42.7 Å². The summed E-state index contributed by atoms with van der Waals surface area (Å²) >= 11 is 0. The molecule has 160 valence electrons. The Morgan fingerprint density at radius 2 is 1.97 bits per heavy atom. The van der Waals surface area contributed by atoms with Crippen LogP contribution in [0.3, 0.4) is 0 Å². The van der Waals surface area contributed by atoms with Crippen molar-refractivity contribution < 1.29 is 4.74 Å². The quantitative estimate of drug-likeness (QED) is 0.415. The number of benzene rings is 1. The first-order chi connectivity index (χ1) is 15.2. The van der Waals surface area contributed by atoms with Gasteiger partial charge in [0.15, 0.2) is 0 Å². The summed E-state index contributed by atoms with van der Waals surface area (Å²) in [6.07, 6.45) is 9.91. The number of fused-ring (bicyclic) bond motifs is 1. The Morgan fingerprint density at radius 3 is 2.74 bits per heavy atom. The molecular formula is C23H27N7O. The molecular weight excluding hydrogens is 390 g/mol. The van der Waals surface area contributed by atoms with E-state index in [2.05, 4.69) is 25.7 Å². The summed E-state index contributed by atoms with van der Waals surface area (Å²) in [6.45, 7) is 0. The number of methoxy groups -OCH3 is 1. The molecule has 8 heteroatoms. The van der Waals surface area contributed by atoms with Crippen molar-refractivity contribution in [1.82, 2.24) is 24.7 Å². The number of hydrogen-bond acceptors (Lipinski definition) is 6. The highest BCUT2D eigenvalue weighted by atomic mass is 16.5. The van der Waals surface area contributed by atoms with Crippen molar-refractivity contribution in [2.24, 2.45) is 7.05 Å². The maximum absolute atomic E-state index is 5.65. The molecule has 1 aliphatic carbocycles. The van der Waals surface area contributed by atoms with Crippen molar-refractivity contribution in [3.8, 4) is 17.0 Å². The average Bonchev–Trinajstić information content (AvgIpc) is 3.44. The minimum absolute atomic E-state index is 0.460. The molecule has 0 amide bonds. The van der Waals surface area contributed by atoms with Gasteiger partial charge in [-0.1, -0.05) is 25.3 Å². The van der Waals surface area contributed by atoms with Gasteiger partial charge in [0.1, 0.15) is 17.2 Å². The van der Waals surface area contributed by atoms with Crippen LogP contribution in [0.5, 0.6) is 5.75 Å². The second-order valence-electron chi connectivity index (χ2n) is 8.00. The molecule has 0 aliphatic heterocycles. The van der Waals surface area contributed by atoms with E-state index in [0.717, 1.165) is 39.5 Å². The SMILES string of the molecule is COc1cc(-c2ccnn2C)ccc1Nc1nc(NC2CCCCC2)c2cc[nH]c2n1. The molecule has 4 aromatic rings. The minimum atomic E-state index is 0.460. The number of rotatable bonds is 6. The smallest absolute Gasteiger partial charge is 0.231 e. The monoisotopic (exact) mass is 417 g/mol.